The summed E-state index contributed by atoms with van der Waals surface area (Å²) in [6.45, 7) is 0.436. The highest BCUT2D eigenvalue weighted by molar-refractivity contribution is 8.01. The average Bonchev–Trinajstić information content (AvgIpc) is 4.08. The molecule has 1 N–H and O–H groups in total. The lowest BCUT2D eigenvalue weighted by molar-refractivity contribution is -0.904. The van der Waals surface area contributed by atoms with Crippen LogP contribution in [0, 0.1) is 11.8 Å². The molecule has 4 saturated heterocycles. The number of pyridine rings is 1. The number of ether oxygens (including phenoxy) is 4. The number of carboxylic acids is 1. The van der Waals surface area contributed by atoms with Crippen molar-refractivity contribution in [1.82, 2.24) is 9.80 Å². The molecule has 2 amide bonds. The van der Waals surface area contributed by atoms with Crippen LogP contribution in [0.3, 0.4) is 0 Å². The number of hydrogen-bond acceptors (Lipinski definition) is 11. The Labute approximate surface area is 412 Å². The molecule has 0 radical (unpaired) electrons. The fourth-order valence-electron chi connectivity index (χ4n) is 9.40. The molecule has 2 bridgehead atoms. The van der Waals surface area contributed by atoms with Gasteiger partial charge in [-0.1, -0.05) is 71.7 Å². The molecule has 5 heterocycles. The third-order valence-electron chi connectivity index (χ3n) is 13.3. The topological polar surface area (TPSA) is 145 Å². The van der Waals surface area contributed by atoms with Gasteiger partial charge in [0.1, 0.15) is 33.4 Å². The number of carbonyl (C=O) groups is 3. The van der Waals surface area contributed by atoms with E-state index in [1.165, 1.54) is 35.5 Å². The number of alkyl halides is 2. The van der Waals surface area contributed by atoms with Crippen LogP contribution in [0.1, 0.15) is 64.2 Å². The zero-order valence-electron chi connectivity index (χ0n) is 37.4. The van der Waals surface area contributed by atoms with Crippen molar-refractivity contribution in [1.29, 1.82) is 0 Å². The first-order valence-electron chi connectivity index (χ1n) is 22.9. The summed E-state index contributed by atoms with van der Waals surface area (Å²) in [4.78, 5) is 45.1. The number of benzene rings is 4. The molecule has 4 aliphatic heterocycles. The number of rotatable bonds is 18. The molecule has 5 fully saturated rings. The van der Waals surface area contributed by atoms with Gasteiger partial charge < -0.3 is 33.7 Å². The minimum absolute atomic E-state index is 0.0161. The Balaban J connectivity index is 0.910. The van der Waals surface area contributed by atoms with Crippen molar-refractivity contribution in [3.05, 3.63) is 147 Å². The number of thioether (sulfide) groups is 1. The molecule has 10 rings (SSSR count). The van der Waals surface area contributed by atoms with Gasteiger partial charge in [-0.15, -0.1) is 11.8 Å². The summed E-state index contributed by atoms with van der Waals surface area (Å²) in [6.07, 6.45) is 5.62. The number of carbonyl (C=O) groups excluding carboxylic acids is 3. The zero-order chi connectivity index (χ0) is 48.2. The second-order valence-electron chi connectivity index (χ2n) is 17.8. The van der Waals surface area contributed by atoms with E-state index < -0.39 is 29.3 Å². The summed E-state index contributed by atoms with van der Waals surface area (Å²) in [5.41, 5.74) is 3.14. The number of aromatic nitrogens is 1. The standard InChI is InChI=1S/C51H50Cl2F2N4O9S/c52-42-27-57(64)28-43(53)40(42)25-41(37-14-17-44(67-49(54)55)45(24-37)66-31-33-6-7-33)51(48(61)62)59(22-23-69-51)47(60)36-12-8-34(9-13-36)30-65-39-15-10-32(11-16-39)26-58(38-4-2-1-3-5-38)50(63)68-46-29-56-20-18-35(46)19-21-56/h1-5,8-17,24,27-28,33,35,41,46,49H,6-7,18-23,25-26,29-31H2,(H-,61,62,64)/t41-,46-,51-/m0/s1. The summed E-state index contributed by atoms with van der Waals surface area (Å²) < 4.78 is 50.7. The van der Waals surface area contributed by atoms with Gasteiger partial charge in [0.05, 0.1) is 19.1 Å². The molecule has 1 aromatic heterocycles. The minimum atomic E-state index is -3.15. The smallest absolute Gasteiger partial charge is 0.414 e. The lowest BCUT2D eigenvalue weighted by Crippen LogP contribution is -2.60. The Kier molecular flexibility index (Phi) is 14.7. The van der Waals surface area contributed by atoms with Crippen molar-refractivity contribution < 1.29 is 57.2 Å². The van der Waals surface area contributed by atoms with E-state index in [-0.39, 0.29) is 82.7 Å². The molecule has 362 valence electrons. The summed E-state index contributed by atoms with van der Waals surface area (Å²) in [7, 11) is 0. The Morgan fingerprint density at radius 3 is 2.20 bits per heavy atom. The van der Waals surface area contributed by atoms with Crippen LogP contribution in [0.5, 0.6) is 17.2 Å². The Hall–Kier alpha value is -5.81. The Bertz CT molecular complexity index is 2620. The molecule has 0 spiro atoms. The van der Waals surface area contributed by atoms with E-state index in [4.69, 9.17) is 42.1 Å². The third kappa shape index (κ3) is 11.0. The maximum absolute atomic E-state index is 14.6. The average molecular weight is 1000 g/mol. The largest absolute Gasteiger partial charge is 0.547 e. The monoisotopic (exact) mass is 1000 g/mol. The van der Waals surface area contributed by atoms with Gasteiger partial charge in [-0.05, 0) is 122 Å². The van der Waals surface area contributed by atoms with Crippen molar-refractivity contribution in [3.8, 4) is 17.2 Å². The van der Waals surface area contributed by atoms with Gasteiger partial charge in [0.2, 0.25) is 12.4 Å². The minimum Gasteiger partial charge on any atom is -0.547 e. The Morgan fingerprint density at radius 2 is 1.57 bits per heavy atom. The fraction of sp³-hybridized carbons (Fsp3) is 0.373. The van der Waals surface area contributed by atoms with Gasteiger partial charge >= 0.3 is 12.7 Å². The van der Waals surface area contributed by atoms with Gasteiger partial charge in [-0.25, -0.2) is 4.79 Å². The number of fused-ring (bicyclic) bond motifs is 3. The van der Waals surface area contributed by atoms with E-state index in [9.17, 15) is 33.5 Å². The van der Waals surface area contributed by atoms with Crippen LogP contribution in [0.4, 0.5) is 19.3 Å². The van der Waals surface area contributed by atoms with E-state index in [0.29, 0.717) is 28.5 Å². The molecule has 5 aliphatic rings. The lowest BCUT2D eigenvalue weighted by Gasteiger charge is -2.44. The molecule has 69 heavy (non-hydrogen) atoms. The second kappa shape index (κ2) is 21.0. The maximum Gasteiger partial charge on any atom is 0.414 e. The number of para-hydroxylation sites is 1. The first kappa shape index (κ1) is 48.2. The lowest BCUT2D eigenvalue weighted by atomic mass is 9.83. The summed E-state index contributed by atoms with van der Waals surface area (Å²) in [5, 5.41) is 23.9. The zero-order valence-corrected chi connectivity index (χ0v) is 39.7. The van der Waals surface area contributed by atoms with Gasteiger partial charge in [0.15, 0.2) is 11.5 Å². The van der Waals surface area contributed by atoms with E-state index in [0.717, 1.165) is 73.9 Å². The number of piperidine rings is 3. The quantitative estimate of drug-likeness (QED) is 0.0668. The molecule has 1 saturated carbocycles. The van der Waals surface area contributed by atoms with Crippen molar-refractivity contribution in [2.45, 2.75) is 68.8 Å². The van der Waals surface area contributed by atoms with Gasteiger partial charge in [-0.3, -0.25) is 19.8 Å². The summed E-state index contributed by atoms with van der Waals surface area (Å²) in [5.74, 6) is -2.11. The van der Waals surface area contributed by atoms with Crippen LogP contribution >= 0.6 is 35.0 Å². The van der Waals surface area contributed by atoms with Crippen molar-refractivity contribution >= 4 is 58.6 Å². The predicted molar refractivity (Wildman–Crippen MR) is 252 cm³/mol. The highest BCUT2D eigenvalue weighted by atomic mass is 35.5. The number of nitrogens with zero attached hydrogens (tertiary/aromatic N) is 4. The van der Waals surface area contributed by atoms with Crippen molar-refractivity contribution in [2.75, 3.05) is 43.4 Å². The van der Waals surface area contributed by atoms with Crippen LogP contribution in [0.25, 0.3) is 0 Å². The molecule has 0 unspecified atom stereocenters. The van der Waals surface area contributed by atoms with Gasteiger partial charge in [-0.2, -0.15) is 8.78 Å². The molecular formula is C51H50Cl2F2N4O9S. The highest BCUT2D eigenvalue weighted by Gasteiger charge is 2.53. The van der Waals surface area contributed by atoms with Crippen molar-refractivity contribution in [2.24, 2.45) is 11.8 Å². The van der Waals surface area contributed by atoms with Crippen molar-refractivity contribution in [3.63, 3.8) is 0 Å². The first-order chi connectivity index (χ1) is 33.3. The van der Waals surface area contributed by atoms with Crippen LogP contribution in [0.2, 0.25) is 10.0 Å². The number of halogens is 4. The molecule has 13 nitrogen and oxygen atoms in total. The normalized spacial score (nSPS) is 21.2. The van der Waals surface area contributed by atoms with Crippen LogP contribution in [0.15, 0.2) is 109 Å². The fourth-order valence-corrected chi connectivity index (χ4v) is 11.5. The number of anilines is 1. The number of amides is 2. The van der Waals surface area contributed by atoms with Gasteiger partial charge in [0, 0.05) is 46.3 Å². The van der Waals surface area contributed by atoms with Crippen LogP contribution in [-0.4, -0.2) is 89.1 Å². The van der Waals surface area contributed by atoms with E-state index in [1.54, 1.807) is 29.2 Å². The second-order valence-corrected chi connectivity index (χ2v) is 19.9. The molecule has 1 aliphatic carbocycles. The number of hydrogen-bond donors (Lipinski definition) is 1. The SMILES string of the molecule is O=C(O[C@H]1CN2CCC1CC2)N(Cc1ccc(OCc2ccc(C(=O)N3CCS[C@]3(C(=O)[O-])[C@@H](Cc3c(Cl)c[n+](O)cc3Cl)c3ccc(OC(F)F)c(OCC4CC4)c3)cc2)cc1)c1ccccc1. The first-order valence-corrected chi connectivity index (χ1v) is 24.6. The highest BCUT2D eigenvalue weighted by Crippen LogP contribution is 2.51. The Morgan fingerprint density at radius 1 is 0.870 bits per heavy atom. The van der Waals surface area contributed by atoms with Crippen LogP contribution in [-0.2, 0) is 29.1 Å². The number of carboxylic acid groups (broad SMARTS) is 1. The summed E-state index contributed by atoms with van der Waals surface area (Å²) >= 11 is 14.2. The van der Waals surface area contributed by atoms with Crippen LogP contribution < -0.4 is 28.9 Å². The maximum atomic E-state index is 14.6. The molecule has 5 aromatic rings. The predicted octanol–water partition coefficient (Wildman–Crippen LogP) is 8.39. The molecule has 3 atom stereocenters. The number of aliphatic carboxylic acids is 1. The van der Waals surface area contributed by atoms with Gasteiger partial charge in [0.25, 0.3) is 5.91 Å². The summed E-state index contributed by atoms with van der Waals surface area (Å²) in [6, 6.07) is 27.7. The molecule has 18 heteroatoms. The van der Waals surface area contributed by atoms with E-state index in [1.807, 2.05) is 54.6 Å². The van der Waals surface area contributed by atoms with E-state index >= 15 is 0 Å². The molecule has 4 aromatic carbocycles. The van der Waals surface area contributed by atoms with E-state index in [2.05, 4.69) is 4.90 Å². The molecular weight excluding hydrogens is 954 g/mol. The third-order valence-corrected chi connectivity index (χ3v) is 15.4.